The molecule has 27 heavy (non-hydrogen) atoms. The van der Waals surface area contributed by atoms with E-state index in [9.17, 15) is 0 Å². The summed E-state index contributed by atoms with van der Waals surface area (Å²) in [4.78, 5) is 2.26. The SMILES string of the molecule is COC(C[Se]C1=C([C@H](C)N(C)C)[CH-][CH][CH]1)c1ccccc1.[Fe+2].c1cc[cH-]c1. The fourth-order valence-electron chi connectivity index (χ4n) is 2.63. The van der Waals surface area contributed by atoms with E-state index in [2.05, 4.69) is 75.5 Å². The number of methoxy groups -OCH3 is 1. The molecule has 2 radical (unpaired) electrons. The van der Waals surface area contributed by atoms with Crippen molar-refractivity contribution < 1.29 is 21.8 Å². The topological polar surface area (TPSA) is 12.5 Å². The first-order valence-electron chi connectivity index (χ1n) is 8.92. The average Bonchev–Trinajstić information content (AvgIpc) is 3.37. The molecular weight excluding hydrogens is 441 g/mol. The van der Waals surface area contributed by atoms with Gasteiger partial charge in [0, 0.05) is 0 Å². The van der Waals surface area contributed by atoms with Gasteiger partial charge in [0.25, 0.3) is 0 Å². The van der Waals surface area contributed by atoms with Crippen molar-refractivity contribution in [1.29, 1.82) is 0 Å². The molecule has 3 rings (SSSR count). The molecule has 2 aromatic carbocycles. The Morgan fingerprint density at radius 1 is 1.07 bits per heavy atom. The Hall–Kier alpha value is -0.861. The van der Waals surface area contributed by atoms with Crippen LogP contribution in [0.1, 0.15) is 18.6 Å². The summed E-state index contributed by atoms with van der Waals surface area (Å²) in [7, 11) is 6.08. The Morgan fingerprint density at radius 3 is 2.26 bits per heavy atom. The Bertz CT molecular complexity index is 622. The van der Waals surface area contributed by atoms with Crippen molar-refractivity contribution >= 4 is 15.0 Å². The maximum Gasteiger partial charge on any atom is 2.00 e. The van der Waals surface area contributed by atoms with E-state index in [4.69, 9.17) is 4.74 Å². The summed E-state index contributed by atoms with van der Waals surface area (Å²) < 4.78 is 7.19. The summed E-state index contributed by atoms with van der Waals surface area (Å²) in [6, 6.07) is 21.0. The second-order valence-electron chi connectivity index (χ2n) is 6.39. The largest absolute Gasteiger partial charge is 2.00 e. The van der Waals surface area contributed by atoms with Gasteiger partial charge >= 0.3 is 152 Å². The number of hydrogen-bond acceptors (Lipinski definition) is 2. The van der Waals surface area contributed by atoms with Crippen molar-refractivity contribution in [3.63, 3.8) is 0 Å². The van der Waals surface area contributed by atoms with Crippen LogP contribution < -0.4 is 0 Å². The monoisotopic (exact) mass is 471 g/mol. The molecule has 0 bridgehead atoms. The van der Waals surface area contributed by atoms with Crippen LogP contribution in [0.2, 0.25) is 5.32 Å². The molecule has 146 valence electrons. The molecule has 0 saturated heterocycles. The molecule has 2 atom stereocenters. The Kier molecular flexibility index (Phi) is 11.9. The van der Waals surface area contributed by atoms with E-state index in [-0.39, 0.29) is 23.2 Å². The second kappa shape index (κ2) is 13.3. The molecule has 4 heteroatoms. The molecule has 1 aliphatic rings. The Balaban J connectivity index is 0.000000526. The first-order chi connectivity index (χ1) is 12.6. The molecule has 0 saturated carbocycles. The third kappa shape index (κ3) is 7.95. The Morgan fingerprint density at radius 2 is 1.74 bits per heavy atom. The van der Waals surface area contributed by atoms with Gasteiger partial charge in [0.2, 0.25) is 0 Å². The number of benzene rings is 1. The van der Waals surface area contributed by atoms with Gasteiger partial charge in [-0.2, -0.15) is 18.2 Å². The zero-order valence-electron chi connectivity index (χ0n) is 16.5. The molecule has 0 N–H and O–H groups in total. The first-order valence-corrected chi connectivity index (χ1v) is 11.0. The molecule has 2 aromatic rings. The predicted molar refractivity (Wildman–Crippen MR) is 112 cm³/mol. The minimum Gasteiger partial charge on any atom is -0.214 e. The van der Waals surface area contributed by atoms with Crippen LogP contribution in [0.15, 0.2) is 70.7 Å². The zero-order valence-corrected chi connectivity index (χ0v) is 19.3. The van der Waals surface area contributed by atoms with Gasteiger partial charge < -0.3 is 0 Å². The molecular formula is C23H29FeNOSe. The van der Waals surface area contributed by atoms with Crippen molar-refractivity contribution in [2.45, 2.75) is 24.4 Å². The van der Waals surface area contributed by atoms with Gasteiger partial charge in [-0.05, 0) is 0 Å². The van der Waals surface area contributed by atoms with Crippen LogP contribution in [0.4, 0.5) is 0 Å². The standard InChI is InChI=1S/C18H24NOSe.C5H5.Fe/c1-14(19(2)3)16-11-8-12-18(16)21-13-17(20-4)15-9-6-5-7-10-15;1-2-4-5-3-1;/h5-12,14,17H,13H2,1-4H3;1-5H;/q2*-1;+2/t14-,17?;;/m0../s1. The number of ether oxygens (including phenoxy) is 1. The van der Waals surface area contributed by atoms with E-state index in [0.29, 0.717) is 21.0 Å². The maximum atomic E-state index is 5.69. The van der Waals surface area contributed by atoms with Gasteiger partial charge in [-0.1, -0.05) is 0 Å². The van der Waals surface area contributed by atoms with Crippen LogP contribution >= 0.6 is 0 Å². The number of hydrogen-bond donors (Lipinski definition) is 0. The van der Waals surface area contributed by atoms with Crippen LogP contribution in [-0.4, -0.2) is 47.1 Å². The van der Waals surface area contributed by atoms with Gasteiger partial charge in [-0.15, -0.1) is 0 Å². The third-order valence-corrected chi connectivity index (χ3v) is 6.85. The molecule has 0 amide bonds. The van der Waals surface area contributed by atoms with Crippen molar-refractivity contribution in [2.24, 2.45) is 0 Å². The normalized spacial score (nSPS) is 15.4. The van der Waals surface area contributed by atoms with Gasteiger partial charge in [0.1, 0.15) is 0 Å². The fraction of sp³-hybridized carbons (Fsp3) is 0.304. The number of allylic oxidation sites excluding steroid dienone is 1. The van der Waals surface area contributed by atoms with E-state index in [1.54, 1.807) is 0 Å². The number of likely N-dealkylation sites (N-methyl/N-ethyl adjacent to an activating group) is 1. The molecule has 1 aliphatic carbocycles. The summed E-state index contributed by atoms with van der Waals surface area (Å²) in [6.07, 6.45) is 6.90. The van der Waals surface area contributed by atoms with E-state index >= 15 is 0 Å². The maximum absolute atomic E-state index is 5.69. The van der Waals surface area contributed by atoms with Gasteiger partial charge in [0.15, 0.2) is 0 Å². The van der Waals surface area contributed by atoms with Crippen LogP contribution in [0.5, 0.6) is 0 Å². The Labute approximate surface area is 182 Å². The van der Waals surface area contributed by atoms with Crippen LogP contribution in [0, 0.1) is 19.3 Å². The average molecular weight is 470 g/mol. The van der Waals surface area contributed by atoms with Crippen molar-refractivity contribution in [3.8, 4) is 0 Å². The zero-order chi connectivity index (χ0) is 18.8. The van der Waals surface area contributed by atoms with Crippen LogP contribution in [0.25, 0.3) is 0 Å². The minimum atomic E-state index is 0. The van der Waals surface area contributed by atoms with Crippen molar-refractivity contribution in [1.82, 2.24) is 4.90 Å². The fourth-order valence-corrected chi connectivity index (χ4v) is 5.23. The van der Waals surface area contributed by atoms with E-state index < -0.39 is 0 Å². The molecule has 0 heterocycles. The third-order valence-electron chi connectivity index (χ3n) is 4.43. The summed E-state index contributed by atoms with van der Waals surface area (Å²) >= 11 is 0.430. The van der Waals surface area contributed by atoms with Crippen molar-refractivity contribution in [2.75, 3.05) is 21.2 Å². The second-order valence-corrected chi connectivity index (χ2v) is 8.62. The molecule has 1 unspecified atom stereocenters. The smallest absolute Gasteiger partial charge is 0.214 e. The van der Waals surface area contributed by atoms with Crippen molar-refractivity contribution in [3.05, 3.63) is 95.5 Å². The quantitative estimate of drug-likeness (QED) is 0.429. The van der Waals surface area contributed by atoms with Gasteiger partial charge in [-0.3, -0.25) is 0 Å². The molecule has 0 aliphatic heterocycles. The molecule has 2 nitrogen and oxygen atoms in total. The van der Waals surface area contributed by atoms with E-state index in [1.165, 1.54) is 15.6 Å². The number of nitrogens with zero attached hydrogens (tertiary/aromatic N) is 1. The van der Waals surface area contributed by atoms with Gasteiger partial charge in [0.05, 0.1) is 0 Å². The van der Waals surface area contributed by atoms with E-state index in [1.807, 2.05) is 37.4 Å². The molecule has 0 spiro atoms. The summed E-state index contributed by atoms with van der Waals surface area (Å²) in [6.45, 7) is 2.26. The van der Waals surface area contributed by atoms with E-state index in [0.717, 1.165) is 5.32 Å². The summed E-state index contributed by atoms with van der Waals surface area (Å²) in [5, 5.41) is 1.07. The summed E-state index contributed by atoms with van der Waals surface area (Å²) in [5.41, 5.74) is 2.73. The molecule has 0 fully saturated rings. The van der Waals surface area contributed by atoms with Crippen LogP contribution in [-0.2, 0) is 21.8 Å². The first kappa shape index (κ1) is 24.2. The number of rotatable bonds is 7. The summed E-state index contributed by atoms with van der Waals surface area (Å²) in [5.74, 6) is 0. The molecule has 0 aromatic heterocycles. The minimum absolute atomic E-state index is 0. The van der Waals surface area contributed by atoms with Crippen LogP contribution in [0.3, 0.4) is 0 Å². The van der Waals surface area contributed by atoms with Gasteiger partial charge in [-0.25, -0.2) is 12.1 Å². The predicted octanol–water partition coefficient (Wildman–Crippen LogP) is 4.73.